The Kier molecular flexibility index (Phi) is 2.89. The van der Waals surface area contributed by atoms with Crippen molar-refractivity contribution in [2.45, 2.75) is 32.6 Å². The van der Waals surface area contributed by atoms with Gasteiger partial charge in [0.25, 0.3) is 0 Å². The van der Waals surface area contributed by atoms with E-state index in [0.29, 0.717) is 18.4 Å². The maximum atomic E-state index is 12.4. The molecule has 3 rings (SSSR count). The van der Waals surface area contributed by atoms with Crippen molar-refractivity contribution in [3.05, 3.63) is 0 Å². The monoisotopic (exact) mass is 237 g/mol. The van der Waals surface area contributed by atoms with Crippen molar-refractivity contribution in [1.29, 1.82) is 0 Å². The van der Waals surface area contributed by atoms with E-state index in [-0.39, 0.29) is 6.61 Å². The molecule has 0 saturated heterocycles. The van der Waals surface area contributed by atoms with Gasteiger partial charge in [-0.15, -0.1) is 0 Å². The molecule has 1 N–H and O–H groups in total. The Balaban J connectivity index is 1.63. The van der Waals surface area contributed by atoms with E-state index >= 15 is 0 Å². The zero-order valence-corrected chi connectivity index (χ0v) is 10.6. The molecule has 96 valence electrons. The minimum absolute atomic E-state index is 0.0979. The first-order valence-corrected chi connectivity index (χ1v) is 7.17. The van der Waals surface area contributed by atoms with Gasteiger partial charge in [-0.05, 0) is 49.4 Å². The fourth-order valence-electron chi connectivity index (χ4n) is 4.59. The van der Waals surface area contributed by atoms with Crippen LogP contribution >= 0.6 is 0 Å². The van der Waals surface area contributed by atoms with Crippen LogP contribution in [-0.2, 0) is 4.79 Å². The van der Waals surface area contributed by atoms with Crippen LogP contribution in [0.4, 0.5) is 0 Å². The van der Waals surface area contributed by atoms with E-state index in [0.717, 1.165) is 36.6 Å². The lowest BCUT2D eigenvalue weighted by Crippen LogP contribution is -2.36. The van der Waals surface area contributed by atoms with Gasteiger partial charge in [0.05, 0.1) is 6.61 Å². The Morgan fingerprint density at radius 3 is 2.41 bits per heavy atom. The van der Waals surface area contributed by atoms with Crippen molar-refractivity contribution < 1.29 is 9.90 Å². The summed E-state index contributed by atoms with van der Waals surface area (Å²) in [5.41, 5.74) is 0. The summed E-state index contributed by atoms with van der Waals surface area (Å²) in [6, 6.07) is 0. The molecule has 4 atom stereocenters. The number of fused-ring (bicyclic) bond motifs is 5. The molecule has 3 nitrogen and oxygen atoms in total. The molecule has 0 heterocycles. The first-order chi connectivity index (χ1) is 8.27. The Morgan fingerprint density at radius 1 is 1.24 bits per heavy atom. The normalized spacial score (nSPS) is 41.4. The predicted octanol–water partition coefficient (Wildman–Crippen LogP) is 1.51. The highest BCUT2D eigenvalue weighted by Gasteiger charge is 2.67. The largest absolute Gasteiger partial charge is 0.395 e. The van der Waals surface area contributed by atoms with E-state index in [9.17, 15) is 4.79 Å². The first kappa shape index (κ1) is 11.5. The Bertz CT molecular complexity index is 295. The second-order valence-electron chi connectivity index (χ2n) is 6.06. The van der Waals surface area contributed by atoms with Gasteiger partial charge in [0, 0.05) is 19.0 Å². The molecule has 0 radical (unpaired) electrons. The number of amides is 1. The lowest BCUT2D eigenvalue weighted by molar-refractivity contribution is -0.134. The number of carbonyl (C=O) groups excluding carboxylic acids is 1. The number of hydrogen-bond donors (Lipinski definition) is 1. The SMILES string of the molecule is CCCN(CCO)C(=O)C1C2C3CCC(C3)C12. The Labute approximate surface area is 103 Å². The summed E-state index contributed by atoms with van der Waals surface area (Å²) in [5.74, 6) is 3.83. The molecule has 3 heteroatoms. The minimum Gasteiger partial charge on any atom is -0.395 e. The van der Waals surface area contributed by atoms with Crippen molar-refractivity contribution in [1.82, 2.24) is 4.90 Å². The lowest BCUT2D eigenvalue weighted by Gasteiger charge is -2.22. The summed E-state index contributed by atoms with van der Waals surface area (Å²) in [6.45, 7) is 3.53. The summed E-state index contributed by atoms with van der Waals surface area (Å²) in [4.78, 5) is 14.3. The van der Waals surface area contributed by atoms with Gasteiger partial charge in [-0.1, -0.05) is 6.92 Å². The van der Waals surface area contributed by atoms with Gasteiger partial charge in [-0.2, -0.15) is 0 Å². The molecule has 17 heavy (non-hydrogen) atoms. The van der Waals surface area contributed by atoms with E-state index in [1.807, 2.05) is 4.90 Å². The number of carbonyl (C=O) groups is 1. The third-order valence-corrected chi connectivity index (χ3v) is 5.20. The molecule has 3 aliphatic carbocycles. The van der Waals surface area contributed by atoms with Gasteiger partial charge >= 0.3 is 0 Å². The average molecular weight is 237 g/mol. The summed E-state index contributed by atoms with van der Waals surface area (Å²) in [7, 11) is 0. The zero-order valence-electron chi connectivity index (χ0n) is 10.6. The molecule has 1 amide bonds. The fourth-order valence-corrected chi connectivity index (χ4v) is 4.59. The number of rotatable bonds is 5. The van der Waals surface area contributed by atoms with Crippen LogP contribution in [0.25, 0.3) is 0 Å². The van der Waals surface area contributed by atoms with Crippen LogP contribution in [0.5, 0.6) is 0 Å². The van der Waals surface area contributed by atoms with Gasteiger partial charge in [0.15, 0.2) is 0 Å². The second kappa shape index (κ2) is 4.27. The third kappa shape index (κ3) is 1.70. The maximum absolute atomic E-state index is 12.4. The van der Waals surface area contributed by atoms with Gasteiger partial charge in [0.1, 0.15) is 0 Å². The van der Waals surface area contributed by atoms with Gasteiger partial charge in [-0.3, -0.25) is 4.79 Å². The molecule has 3 saturated carbocycles. The smallest absolute Gasteiger partial charge is 0.226 e. The van der Waals surface area contributed by atoms with E-state index < -0.39 is 0 Å². The molecule has 0 aromatic carbocycles. The number of hydrogen-bond acceptors (Lipinski definition) is 2. The van der Waals surface area contributed by atoms with E-state index in [2.05, 4.69) is 6.92 Å². The molecule has 2 bridgehead atoms. The minimum atomic E-state index is 0.0979. The summed E-state index contributed by atoms with van der Waals surface area (Å²) in [5, 5.41) is 9.04. The molecule has 3 aliphatic rings. The topological polar surface area (TPSA) is 40.5 Å². The molecule has 3 fully saturated rings. The van der Waals surface area contributed by atoms with Crippen molar-refractivity contribution in [2.75, 3.05) is 19.7 Å². The fraction of sp³-hybridized carbons (Fsp3) is 0.929. The van der Waals surface area contributed by atoms with Crippen LogP contribution in [0.2, 0.25) is 0 Å². The maximum Gasteiger partial charge on any atom is 0.226 e. The second-order valence-corrected chi connectivity index (χ2v) is 6.06. The van der Waals surface area contributed by atoms with Crippen molar-refractivity contribution in [2.24, 2.45) is 29.6 Å². The Hall–Kier alpha value is -0.570. The Morgan fingerprint density at radius 2 is 1.88 bits per heavy atom. The van der Waals surface area contributed by atoms with Crippen molar-refractivity contribution in [3.8, 4) is 0 Å². The number of aliphatic hydroxyl groups is 1. The van der Waals surface area contributed by atoms with Crippen LogP contribution < -0.4 is 0 Å². The standard InChI is InChI=1S/C14H23NO2/c1-2-5-15(6-7-16)14(17)13-11-9-3-4-10(8-9)12(11)13/h9-13,16H,2-8H2,1H3. The highest BCUT2D eigenvalue weighted by Crippen LogP contribution is 2.69. The molecule has 4 unspecified atom stereocenters. The van der Waals surface area contributed by atoms with Crippen LogP contribution in [0, 0.1) is 29.6 Å². The van der Waals surface area contributed by atoms with Gasteiger partial charge < -0.3 is 10.0 Å². The van der Waals surface area contributed by atoms with Crippen LogP contribution in [-0.4, -0.2) is 35.6 Å². The highest BCUT2D eigenvalue weighted by molar-refractivity contribution is 5.83. The summed E-state index contributed by atoms with van der Waals surface area (Å²) in [6.07, 6.45) is 5.11. The lowest BCUT2D eigenvalue weighted by atomic mass is 10.0. The number of nitrogens with zero attached hydrogens (tertiary/aromatic N) is 1. The van der Waals surface area contributed by atoms with Gasteiger partial charge in [0.2, 0.25) is 5.91 Å². The molecular formula is C14H23NO2. The first-order valence-electron chi connectivity index (χ1n) is 7.17. The summed E-state index contributed by atoms with van der Waals surface area (Å²) < 4.78 is 0. The van der Waals surface area contributed by atoms with Gasteiger partial charge in [-0.25, -0.2) is 0 Å². The van der Waals surface area contributed by atoms with Crippen molar-refractivity contribution >= 4 is 5.91 Å². The van der Waals surface area contributed by atoms with Crippen LogP contribution in [0.3, 0.4) is 0 Å². The van der Waals surface area contributed by atoms with Crippen molar-refractivity contribution in [3.63, 3.8) is 0 Å². The molecule has 0 spiro atoms. The summed E-state index contributed by atoms with van der Waals surface area (Å²) >= 11 is 0. The molecule has 0 aliphatic heterocycles. The van der Waals surface area contributed by atoms with E-state index in [4.69, 9.17) is 5.11 Å². The third-order valence-electron chi connectivity index (χ3n) is 5.20. The van der Waals surface area contributed by atoms with E-state index in [1.165, 1.54) is 19.3 Å². The van der Waals surface area contributed by atoms with Crippen LogP contribution in [0.15, 0.2) is 0 Å². The quantitative estimate of drug-likeness (QED) is 0.787. The highest BCUT2D eigenvalue weighted by atomic mass is 16.3. The van der Waals surface area contributed by atoms with Crippen LogP contribution in [0.1, 0.15) is 32.6 Å². The molecule has 0 aromatic rings. The molecule has 0 aromatic heterocycles. The molecular weight excluding hydrogens is 214 g/mol. The average Bonchev–Trinajstić information content (AvgIpc) is 2.76. The van der Waals surface area contributed by atoms with E-state index in [1.54, 1.807) is 0 Å². The predicted molar refractivity (Wildman–Crippen MR) is 65.3 cm³/mol. The number of aliphatic hydroxyl groups excluding tert-OH is 1. The zero-order chi connectivity index (χ0) is 12.0.